The van der Waals surface area contributed by atoms with Gasteiger partial charge in [-0.3, -0.25) is 9.59 Å². The Hall–Kier alpha value is -3.44. The Morgan fingerprint density at radius 2 is 1.44 bits per heavy atom. The van der Waals surface area contributed by atoms with Crippen molar-refractivity contribution in [1.82, 2.24) is 4.98 Å². The second-order valence-corrected chi connectivity index (χ2v) is 6.60. The van der Waals surface area contributed by atoms with Gasteiger partial charge in [0, 0.05) is 27.8 Å². The fraction of sp³-hybridized carbons (Fsp3) is 0. The van der Waals surface area contributed by atoms with E-state index in [9.17, 15) is 9.59 Å². The highest BCUT2D eigenvalue weighted by atomic mass is 35.5. The number of fused-ring (bicyclic) bond motifs is 1. The van der Waals surface area contributed by atoms with E-state index < -0.39 is 5.91 Å². The quantitative estimate of drug-likeness (QED) is 0.532. The van der Waals surface area contributed by atoms with Crippen molar-refractivity contribution in [2.75, 3.05) is 0 Å². The summed E-state index contributed by atoms with van der Waals surface area (Å²) >= 11 is 5.87. The average molecular weight is 377 g/mol. The van der Waals surface area contributed by atoms with Crippen LogP contribution in [0, 0.1) is 0 Å². The van der Waals surface area contributed by atoms with Crippen molar-refractivity contribution in [3.8, 4) is 11.4 Å². The van der Waals surface area contributed by atoms with Crippen molar-refractivity contribution in [3.63, 3.8) is 0 Å². The molecule has 4 N–H and O–H groups in total. The molecule has 0 saturated heterocycles. The molecular weight excluding hydrogens is 362 g/mol. The summed E-state index contributed by atoms with van der Waals surface area (Å²) in [4.78, 5) is 30.4. The number of carbonyl (C=O) groups excluding carboxylic acids is 2. The van der Waals surface area contributed by atoms with Crippen molar-refractivity contribution >= 4 is 34.3 Å². The normalized spacial score (nSPS) is 10.9. The number of hydrogen-bond acceptors (Lipinski definition) is 2. The van der Waals surface area contributed by atoms with Crippen molar-refractivity contribution < 1.29 is 14.6 Å². The number of ketones is 1. The van der Waals surface area contributed by atoms with Crippen LogP contribution < -0.4 is 10.7 Å². The molecule has 0 atom stereocenters. The summed E-state index contributed by atoms with van der Waals surface area (Å²) < 4.78 is 0. The first-order valence-electron chi connectivity index (χ1n) is 8.27. The Morgan fingerprint density at radius 1 is 0.852 bits per heavy atom. The molecule has 0 aliphatic rings. The molecule has 1 amide bonds. The number of H-pyrrole nitrogens is 2. The Morgan fingerprint density at radius 3 is 2.07 bits per heavy atom. The van der Waals surface area contributed by atoms with Gasteiger partial charge < -0.3 is 5.73 Å². The van der Waals surface area contributed by atoms with Gasteiger partial charge in [-0.1, -0.05) is 23.7 Å². The molecule has 1 aromatic heterocycles. The van der Waals surface area contributed by atoms with Gasteiger partial charge in [0.2, 0.25) is 5.91 Å². The lowest BCUT2D eigenvalue weighted by molar-refractivity contribution is -0.330. The fourth-order valence-electron chi connectivity index (χ4n) is 2.91. The van der Waals surface area contributed by atoms with Gasteiger partial charge in [0.1, 0.15) is 0 Å². The molecule has 0 fully saturated rings. The van der Waals surface area contributed by atoms with Crippen LogP contribution >= 0.6 is 11.6 Å². The van der Waals surface area contributed by atoms with E-state index in [-0.39, 0.29) is 5.78 Å². The van der Waals surface area contributed by atoms with Gasteiger partial charge in [-0.15, -0.1) is 0 Å². The Bertz CT molecular complexity index is 1160. The van der Waals surface area contributed by atoms with E-state index in [2.05, 4.69) is 9.97 Å². The lowest BCUT2D eigenvalue weighted by Crippen LogP contribution is -2.10. The number of primary amides is 1. The molecule has 6 heteroatoms. The summed E-state index contributed by atoms with van der Waals surface area (Å²) in [5, 5.41) is 0.593. The number of imidazole rings is 1. The summed E-state index contributed by atoms with van der Waals surface area (Å²) in [6.45, 7) is 0. The highest BCUT2D eigenvalue weighted by Crippen LogP contribution is 2.20. The minimum Gasteiger partial charge on any atom is -0.366 e. The number of nitrogens with two attached hydrogens (primary N) is 1. The zero-order chi connectivity index (χ0) is 19.0. The largest absolute Gasteiger partial charge is 0.366 e. The van der Waals surface area contributed by atoms with E-state index in [4.69, 9.17) is 17.3 Å². The number of amides is 1. The third-order valence-corrected chi connectivity index (χ3v) is 4.62. The highest BCUT2D eigenvalue weighted by Gasteiger charge is 2.15. The van der Waals surface area contributed by atoms with Gasteiger partial charge in [0.05, 0.1) is 5.56 Å². The molecule has 0 aliphatic heterocycles. The molecule has 0 unspecified atom stereocenters. The van der Waals surface area contributed by atoms with Gasteiger partial charge in [-0.25, -0.2) is 9.97 Å². The molecule has 27 heavy (non-hydrogen) atoms. The molecule has 0 saturated carbocycles. The van der Waals surface area contributed by atoms with E-state index >= 15 is 0 Å². The maximum absolute atomic E-state index is 12.5. The SMILES string of the molecule is NC(=O)c1ccc2[nH+]c(-c3ccc(C(=O)c4ccc(Cl)cc4)cc3)[nH]c2c1. The van der Waals surface area contributed by atoms with Crippen LogP contribution in [0.3, 0.4) is 0 Å². The minimum absolute atomic E-state index is 0.0649. The van der Waals surface area contributed by atoms with Gasteiger partial charge in [0.15, 0.2) is 16.8 Å². The van der Waals surface area contributed by atoms with Crippen molar-refractivity contribution in [3.05, 3.63) is 88.4 Å². The molecule has 0 aliphatic carbocycles. The number of aromatic nitrogens is 2. The topological polar surface area (TPSA) is 90.1 Å². The first-order chi connectivity index (χ1) is 13.0. The molecule has 0 bridgehead atoms. The lowest BCUT2D eigenvalue weighted by Gasteiger charge is -2.02. The second-order valence-electron chi connectivity index (χ2n) is 6.16. The molecule has 4 rings (SSSR count). The van der Waals surface area contributed by atoms with Crippen LogP contribution in [0.1, 0.15) is 26.3 Å². The molecular formula is C21H15ClN3O2+. The molecule has 132 valence electrons. The average Bonchev–Trinajstić information content (AvgIpc) is 3.11. The zero-order valence-corrected chi connectivity index (χ0v) is 14.9. The maximum atomic E-state index is 12.5. The lowest BCUT2D eigenvalue weighted by atomic mass is 10.0. The number of halogens is 1. The van der Waals surface area contributed by atoms with Crippen molar-refractivity contribution in [1.29, 1.82) is 0 Å². The number of nitrogens with one attached hydrogen (secondary N) is 2. The third-order valence-electron chi connectivity index (χ3n) is 4.37. The predicted molar refractivity (Wildman–Crippen MR) is 104 cm³/mol. The van der Waals surface area contributed by atoms with E-state index in [1.165, 1.54) is 0 Å². The zero-order valence-electron chi connectivity index (χ0n) is 14.1. The smallest absolute Gasteiger partial charge is 0.285 e. The standard InChI is InChI=1S/C21H14ClN3O2/c22-16-8-5-13(6-9-16)19(26)12-1-3-14(4-2-12)21-24-17-10-7-15(20(23)27)11-18(17)25-21/h1-11H,(H2,23,27)(H,24,25)/p+1. The Labute approximate surface area is 159 Å². The second kappa shape index (κ2) is 6.70. The van der Waals surface area contributed by atoms with Crippen LogP contribution in [0.15, 0.2) is 66.7 Å². The monoisotopic (exact) mass is 376 g/mol. The van der Waals surface area contributed by atoms with E-state index in [0.29, 0.717) is 21.7 Å². The molecule has 1 heterocycles. The number of rotatable bonds is 4. The van der Waals surface area contributed by atoms with Crippen LogP contribution in [0.5, 0.6) is 0 Å². The summed E-state index contributed by atoms with van der Waals surface area (Å²) in [5.41, 5.74) is 9.46. The van der Waals surface area contributed by atoms with Crippen LogP contribution in [0.4, 0.5) is 0 Å². The predicted octanol–water partition coefficient (Wildman–Crippen LogP) is 3.63. The first-order valence-corrected chi connectivity index (χ1v) is 8.64. The van der Waals surface area contributed by atoms with Crippen molar-refractivity contribution in [2.24, 2.45) is 5.73 Å². The number of carbonyl (C=O) groups is 2. The summed E-state index contributed by atoms with van der Waals surface area (Å²) in [7, 11) is 0. The summed E-state index contributed by atoms with van der Waals surface area (Å²) in [5.74, 6) is 0.236. The van der Waals surface area contributed by atoms with Gasteiger partial charge in [-0.05, 0) is 48.5 Å². The number of hydrogen-bond donors (Lipinski definition) is 2. The third kappa shape index (κ3) is 3.32. The number of aromatic amines is 2. The van der Waals surface area contributed by atoms with E-state index in [1.54, 1.807) is 54.6 Å². The van der Waals surface area contributed by atoms with Gasteiger partial charge >= 0.3 is 0 Å². The fourth-order valence-corrected chi connectivity index (χ4v) is 3.04. The minimum atomic E-state index is -0.474. The van der Waals surface area contributed by atoms with Gasteiger partial charge in [0.25, 0.3) is 5.82 Å². The van der Waals surface area contributed by atoms with E-state index in [1.807, 2.05) is 12.1 Å². The number of benzene rings is 3. The summed E-state index contributed by atoms with van der Waals surface area (Å²) in [6, 6.07) is 19.3. The Kier molecular flexibility index (Phi) is 4.22. The molecule has 0 radical (unpaired) electrons. The first kappa shape index (κ1) is 17.0. The van der Waals surface area contributed by atoms with E-state index in [0.717, 1.165) is 22.4 Å². The van der Waals surface area contributed by atoms with Crippen LogP contribution in [0.25, 0.3) is 22.4 Å². The van der Waals surface area contributed by atoms with Gasteiger partial charge in [-0.2, -0.15) is 0 Å². The molecule has 3 aromatic carbocycles. The highest BCUT2D eigenvalue weighted by molar-refractivity contribution is 6.30. The van der Waals surface area contributed by atoms with Crippen LogP contribution in [0.2, 0.25) is 5.02 Å². The van der Waals surface area contributed by atoms with Crippen LogP contribution in [-0.4, -0.2) is 16.7 Å². The molecule has 5 nitrogen and oxygen atoms in total. The maximum Gasteiger partial charge on any atom is 0.285 e. The molecule has 4 aromatic rings. The molecule has 0 spiro atoms. The van der Waals surface area contributed by atoms with Crippen LogP contribution in [-0.2, 0) is 0 Å². The summed E-state index contributed by atoms with van der Waals surface area (Å²) in [6.07, 6.45) is 0. The Balaban J connectivity index is 1.63. The van der Waals surface area contributed by atoms with Crippen molar-refractivity contribution in [2.45, 2.75) is 0 Å².